The number of carbonyl (C=O) groups is 2. The second-order valence-electron chi connectivity index (χ2n) is 9.14. The van der Waals surface area contributed by atoms with Crippen molar-refractivity contribution in [1.29, 1.82) is 0 Å². The zero-order valence-corrected chi connectivity index (χ0v) is 21.8. The Labute approximate surface area is 213 Å². The van der Waals surface area contributed by atoms with Gasteiger partial charge in [0.25, 0.3) is 0 Å². The van der Waals surface area contributed by atoms with E-state index in [2.05, 4.69) is 46.9 Å². The Morgan fingerprint density at radius 3 is 2.46 bits per heavy atom. The summed E-state index contributed by atoms with van der Waals surface area (Å²) in [6.07, 6.45) is 0.542. The van der Waals surface area contributed by atoms with Crippen molar-refractivity contribution in [2.24, 2.45) is 5.92 Å². The number of amides is 1. The highest BCUT2D eigenvalue weighted by molar-refractivity contribution is 9.10. The van der Waals surface area contributed by atoms with E-state index in [0.29, 0.717) is 52.9 Å². The fraction of sp³-hybridized carbons (Fsp3) is 0.333. The molecule has 1 fully saturated rings. The molecule has 35 heavy (non-hydrogen) atoms. The van der Waals surface area contributed by atoms with Gasteiger partial charge in [0.1, 0.15) is 11.5 Å². The van der Waals surface area contributed by atoms with E-state index in [-0.39, 0.29) is 5.91 Å². The summed E-state index contributed by atoms with van der Waals surface area (Å²) in [5.41, 5.74) is 3.79. The van der Waals surface area contributed by atoms with Crippen molar-refractivity contribution in [3.05, 3.63) is 69.8 Å². The number of methoxy groups -OCH3 is 1. The smallest absolute Gasteiger partial charge is 0.339 e. The lowest BCUT2D eigenvalue weighted by Gasteiger charge is -2.20. The van der Waals surface area contributed by atoms with Crippen LogP contribution in [-0.2, 0) is 16.1 Å². The molecule has 1 aliphatic heterocycles. The summed E-state index contributed by atoms with van der Waals surface area (Å²) in [7, 11) is 1.34. The molecular weight excluding hydrogens is 510 g/mol. The minimum absolute atomic E-state index is 0.116. The van der Waals surface area contributed by atoms with Gasteiger partial charge in [-0.25, -0.2) is 4.79 Å². The van der Waals surface area contributed by atoms with E-state index in [1.54, 1.807) is 6.07 Å². The average Bonchev–Trinajstić information content (AvgIpc) is 3.17. The van der Waals surface area contributed by atoms with E-state index >= 15 is 0 Å². The number of hydrogen-bond acceptors (Lipinski definition) is 6. The molecule has 1 aromatic heterocycles. The Morgan fingerprint density at radius 2 is 1.89 bits per heavy atom. The van der Waals surface area contributed by atoms with Gasteiger partial charge in [-0.05, 0) is 76.3 Å². The molecule has 0 saturated carbocycles. The molecule has 1 saturated heterocycles. The standard InChI is InChI=1S/C27H28BrN3O4/c1-16(2)23-9-10-24(30-29-23)18-5-7-20(8-6-18)35-25-13-21(27(33)34-4)22(28)12-19(25)15-31-14-17(3)11-26(31)32/h5-10,12-13,16-17H,11,14-15H2,1-4H3. The molecule has 1 amide bonds. The summed E-state index contributed by atoms with van der Waals surface area (Å²) in [5.74, 6) is 1.37. The van der Waals surface area contributed by atoms with Crippen molar-refractivity contribution >= 4 is 27.8 Å². The summed E-state index contributed by atoms with van der Waals surface area (Å²) in [6.45, 7) is 7.32. The summed E-state index contributed by atoms with van der Waals surface area (Å²) in [5, 5.41) is 8.63. The Kier molecular flexibility index (Phi) is 7.50. The van der Waals surface area contributed by atoms with Crippen molar-refractivity contribution in [2.75, 3.05) is 13.7 Å². The minimum Gasteiger partial charge on any atom is -0.465 e. The molecule has 2 aromatic carbocycles. The molecule has 0 aliphatic carbocycles. The van der Waals surface area contributed by atoms with Gasteiger partial charge in [-0.2, -0.15) is 10.2 Å². The van der Waals surface area contributed by atoms with Crippen LogP contribution >= 0.6 is 15.9 Å². The second kappa shape index (κ2) is 10.6. The van der Waals surface area contributed by atoms with E-state index < -0.39 is 5.97 Å². The molecule has 3 aromatic rings. The fourth-order valence-corrected chi connectivity index (χ4v) is 4.59. The lowest BCUT2D eigenvalue weighted by Crippen LogP contribution is -2.24. The number of nitrogens with zero attached hydrogens (tertiary/aromatic N) is 3. The van der Waals surface area contributed by atoms with Crippen LogP contribution in [0.1, 0.15) is 54.7 Å². The molecule has 4 rings (SSSR count). The van der Waals surface area contributed by atoms with Crippen LogP contribution in [0.15, 0.2) is 53.0 Å². The van der Waals surface area contributed by atoms with Crippen molar-refractivity contribution < 1.29 is 19.1 Å². The molecule has 2 heterocycles. The third kappa shape index (κ3) is 5.70. The Bertz CT molecular complexity index is 1230. The van der Waals surface area contributed by atoms with Gasteiger partial charge in [-0.15, -0.1) is 0 Å². The number of benzene rings is 2. The number of aromatic nitrogens is 2. The number of halogens is 1. The van der Waals surface area contributed by atoms with Crippen molar-refractivity contribution in [3.63, 3.8) is 0 Å². The topological polar surface area (TPSA) is 81.6 Å². The quantitative estimate of drug-likeness (QED) is 0.345. The van der Waals surface area contributed by atoms with Crippen molar-refractivity contribution in [1.82, 2.24) is 15.1 Å². The molecule has 0 spiro atoms. The molecule has 8 heteroatoms. The highest BCUT2D eigenvalue weighted by atomic mass is 79.9. The highest BCUT2D eigenvalue weighted by Crippen LogP contribution is 2.34. The zero-order valence-electron chi connectivity index (χ0n) is 20.2. The van der Waals surface area contributed by atoms with Crippen LogP contribution in [0.2, 0.25) is 0 Å². The van der Waals surface area contributed by atoms with Gasteiger partial charge in [-0.3, -0.25) is 4.79 Å². The van der Waals surface area contributed by atoms with Crippen LogP contribution in [0.5, 0.6) is 11.5 Å². The number of esters is 1. The maximum Gasteiger partial charge on any atom is 0.339 e. The SMILES string of the molecule is COC(=O)c1cc(Oc2ccc(-c3ccc(C(C)C)nn3)cc2)c(CN2CC(C)CC2=O)cc1Br. The molecule has 0 bridgehead atoms. The first-order valence-electron chi connectivity index (χ1n) is 11.6. The van der Waals surface area contributed by atoms with Crippen LogP contribution in [0.25, 0.3) is 11.3 Å². The van der Waals surface area contributed by atoms with Crippen LogP contribution in [0, 0.1) is 5.92 Å². The van der Waals surface area contributed by atoms with Gasteiger partial charge < -0.3 is 14.4 Å². The molecule has 1 atom stereocenters. The lowest BCUT2D eigenvalue weighted by molar-refractivity contribution is -0.128. The number of likely N-dealkylation sites (tertiary alicyclic amines) is 1. The van der Waals surface area contributed by atoms with Gasteiger partial charge in [0.2, 0.25) is 5.91 Å². The number of hydrogen-bond donors (Lipinski definition) is 0. The molecule has 0 radical (unpaired) electrons. The van der Waals surface area contributed by atoms with Crippen LogP contribution in [0.4, 0.5) is 0 Å². The van der Waals surface area contributed by atoms with E-state index in [0.717, 1.165) is 22.5 Å². The molecular formula is C27H28BrN3O4. The maximum atomic E-state index is 12.4. The first-order valence-corrected chi connectivity index (χ1v) is 12.3. The van der Waals surface area contributed by atoms with Crippen molar-refractivity contribution in [3.8, 4) is 22.8 Å². The number of carbonyl (C=O) groups excluding carboxylic acids is 2. The second-order valence-corrected chi connectivity index (χ2v) is 9.99. The summed E-state index contributed by atoms with van der Waals surface area (Å²) in [4.78, 5) is 26.5. The van der Waals surface area contributed by atoms with Gasteiger partial charge in [-0.1, -0.05) is 20.8 Å². The van der Waals surface area contributed by atoms with Gasteiger partial charge >= 0.3 is 5.97 Å². The van der Waals surface area contributed by atoms with Gasteiger partial charge in [0.05, 0.1) is 24.1 Å². The first kappa shape index (κ1) is 24.9. The van der Waals surface area contributed by atoms with Crippen LogP contribution in [-0.4, -0.2) is 40.6 Å². The van der Waals surface area contributed by atoms with Gasteiger partial charge in [0.15, 0.2) is 0 Å². The van der Waals surface area contributed by atoms with Crippen LogP contribution in [0.3, 0.4) is 0 Å². The molecule has 1 unspecified atom stereocenters. The molecule has 1 aliphatic rings. The summed E-state index contributed by atoms with van der Waals surface area (Å²) < 4.78 is 11.7. The van der Waals surface area contributed by atoms with Crippen LogP contribution < -0.4 is 4.74 Å². The Hall–Kier alpha value is -3.26. The lowest BCUT2D eigenvalue weighted by atomic mass is 10.1. The average molecular weight is 538 g/mol. The first-order chi connectivity index (χ1) is 16.7. The minimum atomic E-state index is -0.474. The van der Waals surface area contributed by atoms with Crippen molar-refractivity contribution in [2.45, 2.75) is 39.7 Å². The predicted molar refractivity (Wildman–Crippen MR) is 136 cm³/mol. The van der Waals surface area contributed by atoms with E-state index in [1.807, 2.05) is 47.4 Å². The monoisotopic (exact) mass is 537 g/mol. The third-order valence-electron chi connectivity index (χ3n) is 5.98. The van der Waals surface area contributed by atoms with E-state index in [1.165, 1.54) is 7.11 Å². The largest absolute Gasteiger partial charge is 0.465 e. The number of rotatable bonds is 7. The Balaban J connectivity index is 1.61. The summed E-state index contributed by atoms with van der Waals surface area (Å²) in [6, 6.07) is 14.9. The maximum absolute atomic E-state index is 12.4. The predicted octanol–water partition coefficient (Wildman–Crippen LogP) is 5.98. The summed E-state index contributed by atoms with van der Waals surface area (Å²) >= 11 is 3.46. The fourth-order valence-electron chi connectivity index (χ4n) is 4.03. The zero-order chi connectivity index (χ0) is 25.1. The molecule has 0 N–H and O–H groups in total. The third-order valence-corrected chi connectivity index (χ3v) is 6.64. The molecule has 182 valence electrons. The normalized spacial score (nSPS) is 15.5. The number of ether oxygens (including phenoxy) is 2. The molecule has 7 nitrogen and oxygen atoms in total. The Morgan fingerprint density at radius 1 is 1.14 bits per heavy atom. The van der Waals surface area contributed by atoms with Gasteiger partial charge in [0, 0.05) is 35.1 Å². The highest BCUT2D eigenvalue weighted by Gasteiger charge is 2.28. The van der Waals surface area contributed by atoms with E-state index in [9.17, 15) is 9.59 Å². The van der Waals surface area contributed by atoms with E-state index in [4.69, 9.17) is 9.47 Å².